The largest absolute Gasteiger partial charge is 0.488 e. The van der Waals surface area contributed by atoms with Gasteiger partial charge in [0.2, 0.25) is 0 Å². The fourth-order valence-corrected chi connectivity index (χ4v) is 3.23. The highest BCUT2D eigenvalue weighted by atomic mass is 79.9. The molecule has 0 bridgehead atoms. The molecule has 4 aromatic rings. The van der Waals surface area contributed by atoms with Gasteiger partial charge in [-0.2, -0.15) is 5.10 Å². The summed E-state index contributed by atoms with van der Waals surface area (Å²) in [7, 11) is 0. The Kier molecular flexibility index (Phi) is 5.90. The summed E-state index contributed by atoms with van der Waals surface area (Å²) < 4.78 is 25.5. The van der Waals surface area contributed by atoms with Crippen molar-refractivity contribution in [3.63, 3.8) is 0 Å². The Balaban J connectivity index is 1.42. The molecule has 0 spiro atoms. The lowest BCUT2D eigenvalue weighted by atomic mass is 10.2. The number of nitrogens with one attached hydrogen (secondary N) is 1. The maximum Gasteiger partial charge on any atom is 0.307 e. The van der Waals surface area contributed by atoms with Crippen molar-refractivity contribution >= 4 is 39.0 Å². The van der Waals surface area contributed by atoms with Gasteiger partial charge in [0, 0.05) is 15.4 Å². The molecule has 30 heavy (non-hydrogen) atoms. The third-order valence-electron chi connectivity index (χ3n) is 4.27. The highest BCUT2D eigenvalue weighted by Gasteiger charge is 2.12. The minimum atomic E-state index is -0.461. The fourth-order valence-electron chi connectivity index (χ4n) is 2.85. The van der Waals surface area contributed by atoms with E-state index in [0.29, 0.717) is 22.5 Å². The van der Waals surface area contributed by atoms with Gasteiger partial charge in [-0.25, -0.2) is 9.82 Å². The second-order valence-corrected chi connectivity index (χ2v) is 7.36. The number of halogens is 2. The zero-order valence-electron chi connectivity index (χ0n) is 15.6. The maximum absolute atomic E-state index is 13.3. The van der Waals surface area contributed by atoms with Crippen molar-refractivity contribution < 1.29 is 18.3 Å². The number of carbonyl (C=O) groups excluding carboxylic acids is 1. The van der Waals surface area contributed by atoms with Crippen molar-refractivity contribution in [3.05, 3.63) is 100.0 Å². The SMILES string of the molecule is O=C(N/N=C/c1ccccc1OCc1cccc(F)c1)c1cc2cc(Br)ccc2o1. The van der Waals surface area contributed by atoms with Gasteiger partial charge in [-0.15, -0.1) is 0 Å². The summed E-state index contributed by atoms with van der Waals surface area (Å²) in [4.78, 5) is 12.3. The maximum atomic E-state index is 13.3. The Morgan fingerprint density at radius 1 is 1.10 bits per heavy atom. The summed E-state index contributed by atoms with van der Waals surface area (Å²) in [5.74, 6) is -0.0485. The van der Waals surface area contributed by atoms with E-state index in [1.807, 2.05) is 24.3 Å². The lowest BCUT2D eigenvalue weighted by Crippen LogP contribution is -2.16. The Labute approximate surface area is 180 Å². The average molecular weight is 467 g/mol. The van der Waals surface area contributed by atoms with Crippen LogP contribution in [0.1, 0.15) is 21.7 Å². The molecule has 0 saturated carbocycles. The molecular formula is C23H16BrFN2O3. The Hall–Kier alpha value is -3.45. The molecule has 1 aromatic heterocycles. The first-order valence-corrected chi connectivity index (χ1v) is 9.86. The predicted octanol–water partition coefficient (Wildman–Crippen LogP) is 5.68. The van der Waals surface area contributed by atoms with Crippen LogP contribution in [0.15, 0.2) is 86.8 Å². The van der Waals surface area contributed by atoms with E-state index in [2.05, 4.69) is 26.5 Å². The number of hydrogen-bond donors (Lipinski definition) is 1. The number of fused-ring (bicyclic) bond motifs is 1. The van der Waals surface area contributed by atoms with Crippen LogP contribution in [0.25, 0.3) is 11.0 Å². The molecule has 1 N–H and O–H groups in total. The molecule has 1 amide bonds. The third-order valence-corrected chi connectivity index (χ3v) is 4.77. The van der Waals surface area contributed by atoms with Crippen LogP contribution >= 0.6 is 15.9 Å². The molecule has 0 aliphatic rings. The zero-order chi connectivity index (χ0) is 20.9. The average Bonchev–Trinajstić information content (AvgIpc) is 3.16. The van der Waals surface area contributed by atoms with Crippen LogP contribution in [0.3, 0.4) is 0 Å². The highest BCUT2D eigenvalue weighted by molar-refractivity contribution is 9.10. The van der Waals surface area contributed by atoms with Crippen LogP contribution in [0.5, 0.6) is 5.75 Å². The van der Waals surface area contributed by atoms with Crippen LogP contribution in [0.4, 0.5) is 4.39 Å². The molecule has 5 nitrogen and oxygen atoms in total. The number of rotatable bonds is 6. The normalized spacial score (nSPS) is 11.1. The third kappa shape index (κ3) is 4.75. The molecule has 0 aliphatic carbocycles. The molecule has 0 fully saturated rings. The standard InChI is InChI=1S/C23H16BrFN2O3/c24-18-8-9-21-17(11-18)12-22(30-21)23(28)27-26-13-16-5-1-2-7-20(16)29-14-15-4-3-6-19(25)10-15/h1-13H,14H2,(H,27,28)/b26-13+. The number of hydrogen-bond acceptors (Lipinski definition) is 4. The lowest BCUT2D eigenvalue weighted by molar-refractivity contribution is 0.0929. The number of amides is 1. The van der Waals surface area contributed by atoms with Gasteiger partial charge >= 0.3 is 5.91 Å². The van der Waals surface area contributed by atoms with Gasteiger partial charge in [0.15, 0.2) is 5.76 Å². The monoisotopic (exact) mass is 466 g/mol. The molecule has 4 rings (SSSR count). The van der Waals surface area contributed by atoms with Gasteiger partial charge < -0.3 is 9.15 Å². The van der Waals surface area contributed by atoms with E-state index in [1.165, 1.54) is 18.3 Å². The minimum Gasteiger partial charge on any atom is -0.488 e. The summed E-state index contributed by atoms with van der Waals surface area (Å²) in [6.45, 7) is 0.212. The summed E-state index contributed by atoms with van der Waals surface area (Å²) >= 11 is 3.39. The molecule has 0 radical (unpaired) electrons. The van der Waals surface area contributed by atoms with Crippen LogP contribution < -0.4 is 10.2 Å². The first kappa shape index (κ1) is 19.8. The Morgan fingerprint density at radius 2 is 1.97 bits per heavy atom. The number of hydrazone groups is 1. The van der Waals surface area contributed by atoms with E-state index in [1.54, 1.807) is 36.4 Å². The Morgan fingerprint density at radius 3 is 2.83 bits per heavy atom. The molecule has 7 heteroatoms. The van der Waals surface area contributed by atoms with Gasteiger partial charge in [0.05, 0.1) is 6.21 Å². The molecule has 3 aromatic carbocycles. The summed E-state index contributed by atoms with van der Waals surface area (Å²) in [6.07, 6.45) is 1.48. The summed E-state index contributed by atoms with van der Waals surface area (Å²) in [5, 5.41) is 4.82. The molecule has 150 valence electrons. The quantitative estimate of drug-likeness (QED) is 0.293. The minimum absolute atomic E-state index is 0.163. The van der Waals surface area contributed by atoms with Crippen molar-refractivity contribution in [2.24, 2.45) is 5.10 Å². The van der Waals surface area contributed by atoms with E-state index >= 15 is 0 Å². The molecular weight excluding hydrogens is 451 g/mol. The van der Waals surface area contributed by atoms with Gasteiger partial charge in [-0.05, 0) is 54.1 Å². The van der Waals surface area contributed by atoms with Gasteiger partial charge in [0.1, 0.15) is 23.8 Å². The Bertz CT molecular complexity index is 1240. The summed E-state index contributed by atoms with van der Waals surface area (Å²) in [5.41, 5.74) is 4.45. The van der Waals surface area contributed by atoms with Crippen molar-refractivity contribution in [1.82, 2.24) is 5.43 Å². The van der Waals surface area contributed by atoms with Crippen molar-refractivity contribution in [2.75, 3.05) is 0 Å². The van der Waals surface area contributed by atoms with Crippen LogP contribution in [-0.4, -0.2) is 12.1 Å². The fraction of sp³-hybridized carbons (Fsp3) is 0.0435. The van der Waals surface area contributed by atoms with Crippen LogP contribution in [-0.2, 0) is 6.61 Å². The van der Waals surface area contributed by atoms with E-state index in [9.17, 15) is 9.18 Å². The van der Waals surface area contributed by atoms with Crippen molar-refractivity contribution in [2.45, 2.75) is 6.61 Å². The molecule has 0 atom stereocenters. The van der Waals surface area contributed by atoms with Crippen molar-refractivity contribution in [3.8, 4) is 5.75 Å². The highest BCUT2D eigenvalue weighted by Crippen LogP contribution is 2.23. The molecule has 0 unspecified atom stereocenters. The van der Waals surface area contributed by atoms with E-state index in [0.717, 1.165) is 9.86 Å². The predicted molar refractivity (Wildman–Crippen MR) is 116 cm³/mol. The number of ether oxygens (including phenoxy) is 1. The molecule has 1 heterocycles. The topological polar surface area (TPSA) is 63.8 Å². The smallest absolute Gasteiger partial charge is 0.307 e. The van der Waals surface area contributed by atoms with Crippen molar-refractivity contribution in [1.29, 1.82) is 0 Å². The number of furan rings is 1. The van der Waals surface area contributed by atoms with Gasteiger partial charge in [-0.3, -0.25) is 4.79 Å². The molecule has 0 saturated heterocycles. The van der Waals surface area contributed by atoms with Gasteiger partial charge in [-0.1, -0.05) is 40.2 Å². The van der Waals surface area contributed by atoms with Crippen LogP contribution in [0.2, 0.25) is 0 Å². The van der Waals surface area contributed by atoms with Gasteiger partial charge in [0.25, 0.3) is 0 Å². The lowest BCUT2D eigenvalue weighted by Gasteiger charge is -2.09. The first-order valence-electron chi connectivity index (χ1n) is 9.07. The first-order chi connectivity index (χ1) is 14.6. The van der Waals surface area contributed by atoms with E-state index in [4.69, 9.17) is 9.15 Å². The second-order valence-electron chi connectivity index (χ2n) is 6.45. The number of para-hydroxylation sites is 1. The zero-order valence-corrected chi connectivity index (χ0v) is 17.2. The molecule has 0 aliphatic heterocycles. The van der Waals surface area contributed by atoms with E-state index in [-0.39, 0.29) is 18.2 Å². The van der Waals surface area contributed by atoms with Crippen LogP contribution in [0, 0.1) is 5.82 Å². The number of benzene rings is 3. The second kappa shape index (κ2) is 8.92. The number of carbonyl (C=O) groups is 1. The van der Waals surface area contributed by atoms with E-state index < -0.39 is 5.91 Å². The number of nitrogens with zero attached hydrogens (tertiary/aromatic N) is 1. The summed E-state index contributed by atoms with van der Waals surface area (Å²) in [6, 6.07) is 20.6.